The number of likely N-dealkylation sites (tertiary alicyclic amines) is 1. The second kappa shape index (κ2) is 9.38. The van der Waals surface area contributed by atoms with Crippen LogP contribution in [0, 0.1) is 6.92 Å². The monoisotopic (exact) mass is 475 g/mol. The van der Waals surface area contributed by atoms with Crippen LogP contribution >= 0.6 is 23.2 Å². The number of fused-ring (bicyclic) bond motifs is 2. The standard InChI is InChI=1S/C24H27Cl2N3O3/c1-15(30)3-4-17-11-19(14-27-16(17)2)32-10-9-29-7-5-24(6-8-29)20-12-18(25)13-21(26)22(20)28-23(24)31/h11-14H,3-10H2,1-2H3,(H,28,31). The van der Waals surface area contributed by atoms with Crippen LogP contribution in [0.4, 0.5) is 5.69 Å². The van der Waals surface area contributed by atoms with Gasteiger partial charge in [0.2, 0.25) is 5.91 Å². The van der Waals surface area contributed by atoms with E-state index in [4.69, 9.17) is 27.9 Å². The molecule has 1 amide bonds. The number of hydrogen-bond acceptors (Lipinski definition) is 5. The van der Waals surface area contributed by atoms with Crippen molar-refractivity contribution >= 4 is 40.6 Å². The first-order chi connectivity index (χ1) is 15.3. The highest BCUT2D eigenvalue weighted by molar-refractivity contribution is 6.37. The molecule has 32 heavy (non-hydrogen) atoms. The fraction of sp³-hybridized carbons (Fsp3) is 0.458. The highest BCUT2D eigenvalue weighted by atomic mass is 35.5. The van der Waals surface area contributed by atoms with Crippen molar-refractivity contribution in [3.63, 3.8) is 0 Å². The lowest BCUT2D eigenvalue weighted by Gasteiger charge is -2.38. The summed E-state index contributed by atoms with van der Waals surface area (Å²) in [5.41, 5.74) is 3.02. The van der Waals surface area contributed by atoms with E-state index in [1.165, 1.54) is 0 Å². The molecule has 170 valence electrons. The number of piperidine rings is 1. The van der Waals surface area contributed by atoms with Crippen molar-refractivity contribution in [3.8, 4) is 5.75 Å². The summed E-state index contributed by atoms with van der Waals surface area (Å²) in [6.07, 6.45) is 4.34. The van der Waals surface area contributed by atoms with Gasteiger partial charge in [-0.2, -0.15) is 0 Å². The van der Waals surface area contributed by atoms with E-state index in [1.807, 2.05) is 19.1 Å². The Morgan fingerprint density at radius 1 is 1.25 bits per heavy atom. The lowest BCUT2D eigenvalue weighted by Crippen LogP contribution is -2.47. The van der Waals surface area contributed by atoms with Gasteiger partial charge < -0.3 is 14.8 Å². The Balaban J connectivity index is 1.33. The Morgan fingerprint density at radius 2 is 2.00 bits per heavy atom. The number of nitrogens with one attached hydrogen (secondary N) is 1. The summed E-state index contributed by atoms with van der Waals surface area (Å²) in [7, 11) is 0. The number of anilines is 1. The second-order valence-corrected chi connectivity index (χ2v) is 9.50. The van der Waals surface area contributed by atoms with Gasteiger partial charge in [-0.25, -0.2) is 0 Å². The van der Waals surface area contributed by atoms with E-state index in [2.05, 4.69) is 15.2 Å². The molecule has 0 radical (unpaired) electrons. The molecule has 0 saturated carbocycles. The van der Waals surface area contributed by atoms with E-state index in [9.17, 15) is 9.59 Å². The van der Waals surface area contributed by atoms with Crippen LogP contribution in [0.25, 0.3) is 0 Å². The molecule has 0 unspecified atom stereocenters. The summed E-state index contributed by atoms with van der Waals surface area (Å²) >= 11 is 12.5. The van der Waals surface area contributed by atoms with Crippen LogP contribution in [-0.2, 0) is 21.4 Å². The minimum Gasteiger partial charge on any atom is -0.491 e. The minimum absolute atomic E-state index is 0.0105. The number of benzene rings is 1. The zero-order valence-electron chi connectivity index (χ0n) is 18.3. The summed E-state index contributed by atoms with van der Waals surface area (Å²) in [4.78, 5) is 30.8. The van der Waals surface area contributed by atoms with Crippen LogP contribution in [0.2, 0.25) is 10.0 Å². The number of rotatable bonds is 7. The maximum absolute atomic E-state index is 12.8. The summed E-state index contributed by atoms with van der Waals surface area (Å²) < 4.78 is 5.93. The number of aryl methyl sites for hydroxylation is 2. The van der Waals surface area contributed by atoms with Crippen LogP contribution in [0.5, 0.6) is 5.75 Å². The number of ether oxygens (including phenoxy) is 1. The lowest BCUT2D eigenvalue weighted by molar-refractivity contribution is -0.122. The average Bonchev–Trinajstić information content (AvgIpc) is 3.01. The molecule has 6 nitrogen and oxygen atoms in total. The molecule has 4 rings (SSSR count). The van der Waals surface area contributed by atoms with Crippen LogP contribution in [-0.4, -0.2) is 47.8 Å². The van der Waals surface area contributed by atoms with Gasteiger partial charge in [0.1, 0.15) is 18.1 Å². The third-order valence-electron chi connectivity index (χ3n) is 6.54. The molecule has 0 atom stereocenters. The van der Waals surface area contributed by atoms with Crippen LogP contribution in [0.3, 0.4) is 0 Å². The topological polar surface area (TPSA) is 71.5 Å². The van der Waals surface area contributed by atoms with Crippen molar-refractivity contribution in [2.24, 2.45) is 0 Å². The number of pyridine rings is 1. The Labute approximate surface area is 198 Å². The Hall–Kier alpha value is -2.15. The Kier molecular flexibility index (Phi) is 6.75. The molecular formula is C24H27Cl2N3O3. The molecular weight excluding hydrogens is 449 g/mol. The molecule has 2 aliphatic heterocycles. The Bertz CT molecular complexity index is 1050. The maximum atomic E-state index is 12.8. The molecule has 1 fully saturated rings. The van der Waals surface area contributed by atoms with Gasteiger partial charge in [0.05, 0.1) is 22.3 Å². The van der Waals surface area contributed by atoms with Gasteiger partial charge in [-0.05, 0) is 75.5 Å². The molecule has 8 heteroatoms. The Morgan fingerprint density at radius 3 is 2.72 bits per heavy atom. The normalized spacial score (nSPS) is 17.3. The van der Waals surface area contributed by atoms with Crippen molar-refractivity contribution in [2.45, 2.75) is 44.9 Å². The van der Waals surface area contributed by atoms with Crippen LogP contribution in [0.1, 0.15) is 43.0 Å². The van der Waals surface area contributed by atoms with Gasteiger partial charge in [0, 0.05) is 23.7 Å². The lowest BCUT2D eigenvalue weighted by atomic mass is 9.73. The van der Waals surface area contributed by atoms with E-state index in [0.29, 0.717) is 48.0 Å². The molecule has 2 aliphatic rings. The van der Waals surface area contributed by atoms with Crippen molar-refractivity contribution in [2.75, 3.05) is 31.6 Å². The maximum Gasteiger partial charge on any atom is 0.235 e. The number of carbonyl (C=O) groups is 2. The third kappa shape index (κ3) is 4.63. The first kappa shape index (κ1) is 23.0. The predicted octanol–water partition coefficient (Wildman–Crippen LogP) is 4.58. The minimum atomic E-state index is -0.562. The molecule has 2 aromatic rings. The highest BCUT2D eigenvalue weighted by Crippen LogP contribution is 2.48. The smallest absolute Gasteiger partial charge is 0.235 e. The fourth-order valence-electron chi connectivity index (χ4n) is 4.58. The van der Waals surface area contributed by atoms with Crippen molar-refractivity contribution in [3.05, 3.63) is 51.3 Å². The highest BCUT2D eigenvalue weighted by Gasteiger charge is 2.49. The molecule has 1 N–H and O–H groups in total. The number of nitrogens with zero attached hydrogens (tertiary/aromatic N) is 2. The molecule has 3 heterocycles. The van der Waals surface area contributed by atoms with Gasteiger partial charge in [0.25, 0.3) is 0 Å². The van der Waals surface area contributed by atoms with Gasteiger partial charge in [-0.1, -0.05) is 23.2 Å². The van der Waals surface area contributed by atoms with Crippen LogP contribution in [0.15, 0.2) is 24.4 Å². The quantitative estimate of drug-likeness (QED) is 0.634. The van der Waals surface area contributed by atoms with E-state index >= 15 is 0 Å². The largest absolute Gasteiger partial charge is 0.491 e. The van der Waals surface area contributed by atoms with Gasteiger partial charge in [0.15, 0.2) is 0 Å². The number of ketones is 1. The molecule has 0 bridgehead atoms. The zero-order valence-corrected chi connectivity index (χ0v) is 19.9. The first-order valence-electron chi connectivity index (χ1n) is 10.9. The molecule has 1 spiro atoms. The summed E-state index contributed by atoms with van der Waals surface area (Å²) in [6.45, 7) is 6.41. The van der Waals surface area contributed by atoms with E-state index < -0.39 is 5.41 Å². The molecule has 1 aromatic carbocycles. The van der Waals surface area contributed by atoms with Gasteiger partial charge in [-0.15, -0.1) is 0 Å². The van der Waals surface area contributed by atoms with E-state index in [0.717, 1.165) is 42.2 Å². The summed E-state index contributed by atoms with van der Waals surface area (Å²) in [5.74, 6) is 0.897. The number of hydrogen-bond donors (Lipinski definition) is 1. The summed E-state index contributed by atoms with van der Waals surface area (Å²) in [6, 6.07) is 5.51. The number of carbonyl (C=O) groups excluding carboxylic acids is 2. The second-order valence-electron chi connectivity index (χ2n) is 8.65. The van der Waals surface area contributed by atoms with E-state index in [1.54, 1.807) is 19.2 Å². The fourth-order valence-corrected chi connectivity index (χ4v) is 5.12. The zero-order chi connectivity index (χ0) is 22.9. The van der Waals surface area contributed by atoms with Crippen LogP contribution < -0.4 is 10.1 Å². The van der Waals surface area contributed by atoms with E-state index in [-0.39, 0.29) is 11.7 Å². The number of aromatic nitrogens is 1. The van der Waals surface area contributed by atoms with Gasteiger partial charge >= 0.3 is 0 Å². The van der Waals surface area contributed by atoms with Crippen molar-refractivity contribution in [1.29, 1.82) is 0 Å². The third-order valence-corrected chi connectivity index (χ3v) is 7.06. The predicted molar refractivity (Wildman–Crippen MR) is 126 cm³/mol. The van der Waals surface area contributed by atoms with Gasteiger partial charge in [-0.3, -0.25) is 14.7 Å². The number of Topliss-reactive ketones (excluding diaryl/α,β-unsaturated/α-hetero) is 1. The number of amides is 1. The summed E-state index contributed by atoms with van der Waals surface area (Å²) in [5, 5.41) is 4.00. The average molecular weight is 476 g/mol. The number of halogens is 2. The first-order valence-corrected chi connectivity index (χ1v) is 11.7. The van der Waals surface area contributed by atoms with Crippen molar-refractivity contribution in [1.82, 2.24) is 9.88 Å². The molecule has 1 saturated heterocycles. The SMILES string of the molecule is CC(=O)CCc1cc(OCCN2CCC3(CC2)C(=O)Nc2c(Cl)cc(Cl)cc23)cnc1C. The van der Waals surface area contributed by atoms with Crippen molar-refractivity contribution < 1.29 is 14.3 Å². The molecule has 0 aliphatic carbocycles. The molecule has 1 aromatic heterocycles.